The molecule has 0 aromatic heterocycles. The van der Waals surface area contributed by atoms with Crippen LogP contribution in [0.25, 0.3) is 0 Å². The summed E-state index contributed by atoms with van der Waals surface area (Å²) in [6.45, 7) is 10.6. The fourth-order valence-electron chi connectivity index (χ4n) is 2.82. The first-order valence-electron chi connectivity index (χ1n) is 9.15. The molecule has 1 aromatic carbocycles. The fourth-order valence-corrected chi connectivity index (χ4v) is 2.82. The maximum Gasteiger partial charge on any atom is 0.414 e. The fraction of sp³-hybridized carbons (Fsp3) is 0.650. The van der Waals surface area contributed by atoms with Gasteiger partial charge in [-0.3, -0.25) is 0 Å². The summed E-state index contributed by atoms with van der Waals surface area (Å²) < 4.78 is 11.4. The van der Waals surface area contributed by atoms with Gasteiger partial charge in [0.1, 0.15) is 11.5 Å². The van der Waals surface area contributed by atoms with Gasteiger partial charge in [-0.05, 0) is 55.5 Å². The summed E-state index contributed by atoms with van der Waals surface area (Å²) in [5.74, 6) is 1.29. The van der Waals surface area contributed by atoms with Crippen LogP contribution in [0.4, 0.5) is 4.79 Å². The largest absolute Gasteiger partial charge is 0.493 e. The second-order valence-electron chi connectivity index (χ2n) is 7.96. The lowest BCUT2D eigenvalue weighted by atomic mass is 9.87. The number of ether oxygens (including phenoxy) is 2. The van der Waals surface area contributed by atoms with Crippen LogP contribution in [0.2, 0.25) is 0 Å². The number of rotatable bonds is 6. The summed E-state index contributed by atoms with van der Waals surface area (Å²) in [5.41, 5.74) is 1.04. The number of halogens is 1. The van der Waals surface area contributed by atoms with Crippen molar-refractivity contribution in [2.45, 2.75) is 45.4 Å². The van der Waals surface area contributed by atoms with Crippen molar-refractivity contribution >= 4 is 18.5 Å². The van der Waals surface area contributed by atoms with Crippen LogP contribution in [0, 0.1) is 0 Å². The zero-order valence-electron chi connectivity index (χ0n) is 16.7. The molecule has 6 heteroatoms. The molecule has 1 aliphatic heterocycles. The minimum absolute atomic E-state index is 0. The molecular weight excluding hydrogens is 352 g/mol. The van der Waals surface area contributed by atoms with E-state index in [0.29, 0.717) is 12.4 Å². The molecule has 148 valence electrons. The van der Waals surface area contributed by atoms with Gasteiger partial charge in [0.2, 0.25) is 0 Å². The molecule has 1 fully saturated rings. The summed E-state index contributed by atoms with van der Waals surface area (Å²) in [4.78, 5) is 15.8. The molecule has 2 rings (SSSR count). The van der Waals surface area contributed by atoms with Gasteiger partial charge in [0.15, 0.2) is 0 Å². The average molecular weight is 385 g/mol. The molecule has 0 radical (unpaired) electrons. The minimum atomic E-state index is -0.383. The Labute approximate surface area is 164 Å². The van der Waals surface area contributed by atoms with Gasteiger partial charge in [0.05, 0.1) is 6.61 Å². The molecule has 0 unspecified atom stereocenters. The minimum Gasteiger partial charge on any atom is -0.493 e. The van der Waals surface area contributed by atoms with E-state index < -0.39 is 0 Å². The van der Waals surface area contributed by atoms with Crippen LogP contribution >= 0.6 is 12.4 Å². The Kier molecular flexibility index (Phi) is 8.71. The highest BCUT2D eigenvalue weighted by Crippen LogP contribution is 2.31. The molecule has 0 aliphatic carbocycles. The third-order valence-corrected chi connectivity index (χ3v) is 4.40. The first kappa shape index (κ1) is 22.6. The maximum atomic E-state index is 11.8. The Bertz CT molecular complexity index is 579. The monoisotopic (exact) mass is 384 g/mol. The summed E-state index contributed by atoms with van der Waals surface area (Å²) >= 11 is 0. The molecule has 0 atom stereocenters. The maximum absolute atomic E-state index is 11.8. The number of amides is 1. The molecule has 1 amide bonds. The lowest BCUT2D eigenvalue weighted by Gasteiger charge is -2.22. The van der Waals surface area contributed by atoms with Crippen molar-refractivity contribution < 1.29 is 14.3 Å². The van der Waals surface area contributed by atoms with Crippen molar-refractivity contribution in [3.05, 3.63) is 23.8 Å². The second-order valence-corrected chi connectivity index (χ2v) is 7.96. The highest BCUT2D eigenvalue weighted by atomic mass is 35.5. The number of hydrogen-bond acceptors (Lipinski definition) is 4. The normalized spacial score (nSPS) is 14.7. The standard InChI is InChI=1S/C20H32N2O3.ClH/c1-20(2,3)16-13-17(15-18(14-16)25-19(23)21(4)5)24-12-8-11-22-9-6-7-10-22;/h13-15H,6-12H2,1-5H3;1H. The van der Waals surface area contributed by atoms with Crippen molar-refractivity contribution in [2.75, 3.05) is 40.3 Å². The van der Waals surface area contributed by atoms with E-state index in [-0.39, 0.29) is 23.9 Å². The van der Waals surface area contributed by atoms with Crippen LogP contribution in [0.1, 0.15) is 45.6 Å². The predicted molar refractivity (Wildman–Crippen MR) is 108 cm³/mol. The number of likely N-dealkylation sites (tertiary alicyclic amines) is 1. The van der Waals surface area contributed by atoms with E-state index in [4.69, 9.17) is 9.47 Å². The smallest absolute Gasteiger partial charge is 0.414 e. The van der Waals surface area contributed by atoms with Crippen molar-refractivity contribution in [2.24, 2.45) is 0 Å². The van der Waals surface area contributed by atoms with Gasteiger partial charge in [-0.1, -0.05) is 20.8 Å². The van der Waals surface area contributed by atoms with E-state index >= 15 is 0 Å². The van der Waals surface area contributed by atoms with Crippen molar-refractivity contribution in [1.29, 1.82) is 0 Å². The molecule has 0 bridgehead atoms. The number of carbonyl (C=O) groups excluding carboxylic acids is 1. The predicted octanol–water partition coefficient (Wildman–Crippen LogP) is 4.33. The van der Waals surface area contributed by atoms with Crippen LogP contribution < -0.4 is 9.47 Å². The lowest BCUT2D eigenvalue weighted by Crippen LogP contribution is -2.25. The first-order valence-corrected chi connectivity index (χ1v) is 9.15. The molecule has 26 heavy (non-hydrogen) atoms. The number of nitrogens with zero attached hydrogens (tertiary/aromatic N) is 2. The highest BCUT2D eigenvalue weighted by molar-refractivity contribution is 5.85. The summed E-state index contributed by atoms with van der Waals surface area (Å²) in [6, 6.07) is 5.76. The van der Waals surface area contributed by atoms with Crippen LogP contribution in [0.15, 0.2) is 18.2 Å². The highest BCUT2D eigenvalue weighted by Gasteiger charge is 2.18. The third kappa shape index (κ3) is 7.04. The van der Waals surface area contributed by atoms with Crippen molar-refractivity contribution in [3.63, 3.8) is 0 Å². The zero-order valence-corrected chi connectivity index (χ0v) is 17.5. The van der Waals surface area contributed by atoms with E-state index in [1.807, 2.05) is 12.1 Å². The SMILES string of the molecule is CN(C)C(=O)Oc1cc(OCCCN2CCCC2)cc(C(C)(C)C)c1.Cl. The second kappa shape index (κ2) is 10.0. The van der Waals surface area contributed by atoms with Gasteiger partial charge in [0.25, 0.3) is 0 Å². The molecule has 0 saturated carbocycles. The van der Waals surface area contributed by atoms with Crippen LogP contribution in [-0.2, 0) is 5.41 Å². The Morgan fingerprint density at radius 3 is 2.31 bits per heavy atom. The molecule has 1 aromatic rings. The summed E-state index contributed by atoms with van der Waals surface area (Å²) in [7, 11) is 3.34. The van der Waals surface area contributed by atoms with Gasteiger partial charge in [-0.25, -0.2) is 4.79 Å². The topological polar surface area (TPSA) is 42.0 Å². The molecule has 0 spiro atoms. The Morgan fingerprint density at radius 2 is 1.73 bits per heavy atom. The van der Waals surface area contributed by atoms with E-state index in [0.717, 1.165) is 24.3 Å². The van der Waals surface area contributed by atoms with E-state index in [9.17, 15) is 4.79 Å². The molecular formula is C20H33ClN2O3. The van der Waals surface area contributed by atoms with Crippen LogP contribution in [-0.4, -0.2) is 56.2 Å². The summed E-state index contributed by atoms with van der Waals surface area (Å²) in [5, 5.41) is 0. The van der Waals surface area contributed by atoms with Gasteiger partial charge >= 0.3 is 6.09 Å². The van der Waals surface area contributed by atoms with E-state index in [2.05, 4.69) is 25.7 Å². The van der Waals surface area contributed by atoms with Crippen molar-refractivity contribution in [3.8, 4) is 11.5 Å². The summed E-state index contributed by atoms with van der Waals surface area (Å²) in [6.07, 6.45) is 3.25. The average Bonchev–Trinajstić information content (AvgIpc) is 3.03. The molecule has 0 N–H and O–H groups in total. The molecule has 1 saturated heterocycles. The number of benzene rings is 1. The number of hydrogen-bond donors (Lipinski definition) is 0. The molecule has 5 nitrogen and oxygen atoms in total. The molecule has 1 heterocycles. The van der Waals surface area contributed by atoms with Gasteiger partial charge in [-0.2, -0.15) is 0 Å². The Balaban J connectivity index is 0.00000338. The van der Waals surface area contributed by atoms with Gasteiger partial charge in [0, 0.05) is 26.7 Å². The quantitative estimate of drug-likeness (QED) is 0.684. The van der Waals surface area contributed by atoms with E-state index in [1.54, 1.807) is 20.2 Å². The third-order valence-electron chi connectivity index (χ3n) is 4.40. The van der Waals surface area contributed by atoms with Gasteiger partial charge in [-0.15, -0.1) is 12.4 Å². The Morgan fingerprint density at radius 1 is 1.12 bits per heavy atom. The Hall–Kier alpha value is -1.46. The van der Waals surface area contributed by atoms with Crippen LogP contribution in [0.3, 0.4) is 0 Å². The number of carbonyl (C=O) groups is 1. The first-order chi connectivity index (χ1) is 11.8. The lowest BCUT2D eigenvalue weighted by molar-refractivity contribution is 0.171. The van der Waals surface area contributed by atoms with Gasteiger partial charge < -0.3 is 19.3 Å². The molecule has 1 aliphatic rings. The van der Waals surface area contributed by atoms with Crippen LogP contribution in [0.5, 0.6) is 11.5 Å². The zero-order chi connectivity index (χ0) is 18.4. The van der Waals surface area contributed by atoms with E-state index in [1.165, 1.54) is 30.8 Å². The van der Waals surface area contributed by atoms with Crippen molar-refractivity contribution in [1.82, 2.24) is 9.80 Å².